The summed E-state index contributed by atoms with van der Waals surface area (Å²) in [6.45, 7) is 4.46. The Balaban J connectivity index is 1.56. The maximum atomic E-state index is 12.5. The van der Waals surface area contributed by atoms with Gasteiger partial charge in [-0.25, -0.2) is 4.79 Å². The maximum absolute atomic E-state index is 12.5. The summed E-state index contributed by atoms with van der Waals surface area (Å²) >= 11 is 4.07. The number of aromatic nitrogens is 7. The molecule has 0 bridgehead atoms. The van der Waals surface area contributed by atoms with Gasteiger partial charge in [0, 0.05) is 23.9 Å². The minimum Gasteiger partial charge on any atom is -0.494 e. The fourth-order valence-corrected chi connectivity index (χ4v) is 5.57. The van der Waals surface area contributed by atoms with E-state index in [1.54, 1.807) is 16.3 Å². The zero-order chi connectivity index (χ0) is 25.5. The van der Waals surface area contributed by atoms with Crippen molar-refractivity contribution in [3.63, 3.8) is 0 Å². The van der Waals surface area contributed by atoms with Gasteiger partial charge in [-0.15, -0.1) is 20.4 Å². The average Bonchev–Trinajstić information content (AvgIpc) is 3.44. The monoisotopic (exact) mass is 546 g/mol. The van der Waals surface area contributed by atoms with Crippen molar-refractivity contribution in [2.24, 2.45) is 0 Å². The van der Waals surface area contributed by atoms with Gasteiger partial charge in [0.25, 0.3) is 5.56 Å². The van der Waals surface area contributed by atoms with Crippen molar-refractivity contribution in [2.75, 3.05) is 23.4 Å². The summed E-state index contributed by atoms with van der Waals surface area (Å²) in [7, 11) is 0. The van der Waals surface area contributed by atoms with Gasteiger partial charge in [-0.3, -0.25) is 24.5 Å². The molecule has 1 aromatic carbocycles. The summed E-state index contributed by atoms with van der Waals surface area (Å²) < 4.78 is 8.09. The van der Waals surface area contributed by atoms with Crippen LogP contribution in [0.15, 0.2) is 49.4 Å². The first-order valence-corrected chi connectivity index (χ1v) is 13.6. The Labute approximate surface area is 217 Å². The van der Waals surface area contributed by atoms with Crippen LogP contribution in [0.25, 0.3) is 5.69 Å². The van der Waals surface area contributed by atoms with Crippen LogP contribution in [0.4, 0.5) is 5.13 Å². The molecule has 4 rings (SSSR count). The smallest absolute Gasteiger partial charge is 0.325 e. The highest BCUT2D eigenvalue weighted by molar-refractivity contribution is 8.01. The predicted octanol–water partition coefficient (Wildman–Crippen LogP) is 2.33. The Morgan fingerprint density at radius 3 is 2.61 bits per heavy atom. The molecular formula is C21H22N8O4S3. The lowest BCUT2D eigenvalue weighted by atomic mass is 10.2. The van der Waals surface area contributed by atoms with Crippen LogP contribution in [0.3, 0.4) is 0 Å². The van der Waals surface area contributed by atoms with Crippen molar-refractivity contribution in [3.8, 4) is 11.4 Å². The molecule has 0 radical (unpaired) electrons. The highest BCUT2D eigenvalue weighted by Gasteiger charge is 2.18. The third-order valence-electron chi connectivity index (χ3n) is 4.52. The molecule has 188 valence electrons. The van der Waals surface area contributed by atoms with Crippen LogP contribution in [0.1, 0.15) is 25.4 Å². The maximum Gasteiger partial charge on any atom is 0.325 e. The molecule has 3 N–H and O–H groups in total. The lowest BCUT2D eigenvalue weighted by Gasteiger charge is -2.11. The first kappa shape index (κ1) is 25.7. The number of hydrogen-bond donors (Lipinski definition) is 3. The number of nitrogens with zero attached hydrogens (tertiary/aromatic N) is 5. The van der Waals surface area contributed by atoms with E-state index in [2.05, 4.69) is 35.7 Å². The summed E-state index contributed by atoms with van der Waals surface area (Å²) in [5.41, 5.74) is 0.00551. The van der Waals surface area contributed by atoms with Gasteiger partial charge in [0.15, 0.2) is 9.50 Å². The number of carbonyl (C=O) groups is 1. The number of rotatable bonds is 11. The van der Waals surface area contributed by atoms with Crippen molar-refractivity contribution in [1.29, 1.82) is 0 Å². The number of anilines is 1. The Hall–Kier alpha value is -3.43. The standard InChI is InChI=1S/C21H22N8O4S3/c1-3-33-14-7-5-13(6-8-14)29-15(9-12-10-16(30)23-18(32)22-12)25-27-20(29)35-11-17(31)24-19-26-28-21(36-19)34-4-2/h5-8,10H,3-4,9,11H2,1-2H3,(H,24,26,31)(H2,22,23,30,32). The molecule has 0 aliphatic carbocycles. The molecule has 0 spiro atoms. The molecule has 0 fully saturated rings. The van der Waals surface area contributed by atoms with E-state index in [1.807, 2.05) is 38.1 Å². The third-order valence-corrected chi connectivity index (χ3v) is 7.31. The lowest BCUT2D eigenvalue weighted by molar-refractivity contribution is -0.113. The van der Waals surface area contributed by atoms with Crippen LogP contribution >= 0.6 is 34.9 Å². The molecule has 0 saturated heterocycles. The average molecular weight is 547 g/mol. The molecule has 0 unspecified atom stereocenters. The van der Waals surface area contributed by atoms with Gasteiger partial charge in [0.1, 0.15) is 11.6 Å². The molecule has 0 atom stereocenters. The van der Waals surface area contributed by atoms with Gasteiger partial charge in [0.05, 0.1) is 12.4 Å². The molecule has 12 nitrogen and oxygen atoms in total. The molecule has 0 saturated carbocycles. The van der Waals surface area contributed by atoms with E-state index in [4.69, 9.17) is 4.74 Å². The fourth-order valence-electron chi connectivity index (χ4n) is 3.14. The van der Waals surface area contributed by atoms with Crippen molar-refractivity contribution in [3.05, 3.63) is 62.7 Å². The molecule has 3 aromatic heterocycles. The first-order chi connectivity index (χ1) is 17.4. The number of H-pyrrole nitrogens is 2. The Kier molecular flexibility index (Phi) is 8.56. The van der Waals surface area contributed by atoms with E-state index in [9.17, 15) is 14.4 Å². The number of thioether (sulfide) groups is 2. The minimum atomic E-state index is -0.604. The number of ether oxygens (including phenoxy) is 1. The zero-order valence-electron chi connectivity index (χ0n) is 19.3. The van der Waals surface area contributed by atoms with Crippen LogP contribution in [-0.4, -0.2) is 58.9 Å². The van der Waals surface area contributed by atoms with Gasteiger partial charge >= 0.3 is 5.69 Å². The van der Waals surface area contributed by atoms with E-state index in [0.29, 0.717) is 34.2 Å². The summed E-state index contributed by atoms with van der Waals surface area (Å²) in [6, 6.07) is 8.62. The van der Waals surface area contributed by atoms with Gasteiger partial charge in [-0.05, 0) is 36.9 Å². The summed E-state index contributed by atoms with van der Waals surface area (Å²) in [5, 5.41) is 20.2. The Morgan fingerprint density at radius 2 is 1.89 bits per heavy atom. The molecule has 0 aliphatic rings. The number of aromatic amines is 2. The zero-order valence-corrected chi connectivity index (χ0v) is 21.8. The first-order valence-electron chi connectivity index (χ1n) is 10.8. The Bertz CT molecular complexity index is 1420. The van der Waals surface area contributed by atoms with E-state index in [1.165, 1.54) is 29.2 Å². The number of carbonyl (C=O) groups excluding carboxylic acids is 1. The number of hydrogen-bond acceptors (Lipinski definition) is 11. The molecule has 4 aromatic rings. The number of amides is 1. The van der Waals surface area contributed by atoms with E-state index >= 15 is 0 Å². The van der Waals surface area contributed by atoms with Gasteiger partial charge in [0.2, 0.25) is 11.0 Å². The van der Waals surface area contributed by atoms with E-state index < -0.39 is 11.2 Å². The predicted molar refractivity (Wildman–Crippen MR) is 139 cm³/mol. The van der Waals surface area contributed by atoms with E-state index in [0.717, 1.165) is 15.8 Å². The SMILES string of the molecule is CCOc1ccc(-n2c(Cc3cc(=O)[nH]c(=O)[nH]3)nnc2SCC(=O)Nc2nnc(SCC)s2)cc1. The summed E-state index contributed by atoms with van der Waals surface area (Å²) in [6.07, 6.45) is 0.148. The third kappa shape index (κ3) is 6.61. The topological polar surface area (TPSA) is 161 Å². The molecule has 1 amide bonds. The second-order valence-corrected chi connectivity index (χ2v) is 10.5. The quantitative estimate of drug-likeness (QED) is 0.188. The van der Waals surface area contributed by atoms with E-state index in [-0.39, 0.29) is 18.1 Å². The van der Waals surface area contributed by atoms with Crippen molar-refractivity contribution < 1.29 is 9.53 Å². The molecule has 36 heavy (non-hydrogen) atoms. The number of benzene rings is 1. The number of nitrogens with one attached hydrogen (secondary N) is 3. The minimum absolute atomic E-state index is 0.0623. The van der Waals surface area contributed by atoms with Crippen LogP contribution in [-0.2, 0) is 11.2 Å². The fraction of sp³-hybridized carbons (Fsp3) is 0.286. The highest BCUT2D eigenvalue weighted by Crippen LogP contribution is 2.27. The van der Waals surface area contributed by atoms with Crippen LogP contribution in [0.5, 0.6) is 5.75 Å². The molecule has 3 heterocycles. The largest absolute Gasteiger partial charge is 0.494 e. The Morgan fingerprint density at radius 1 is 1.08 bits per heavy atom. The second kappa shape index (κ2) is 12.0. The molecule has 0 aliphatic heterocycles. The molecule has 15 heteroatoms. The van der Waals surface area contributed by atoms with Crippen LogP contribution in [0.2, 0.25) is 0 Å². The molecular weight excluding hydrogens is 524 g/mol. The van der Waals surface area contributed by atoms with Crippen LogP contribution in [0, 0.1) is 0 Å². The normalized spacial score (nSPS) is 10.9. The van der Waals surface area contributed by atoms with Crippen molar-refractivity contribution in [2.45, 2.75) is 29.8 Å². The van der Waals surface area contributed by atoms with Crippen molar-refractivity contribution >= 4 is 45.9 Å². The van der Waals surface area contributed by atoms with Crippen LogP contribution < -0.4 is 21.3 Å². The summed E-state index contributed by atoms with van der Waals surface area (Å²) in [5.74, 6) is 1.86. The summed E-state index contributed by atoms with van der Waals surface area (Å²) in [4.78, 5) is 40.7. The van der Waals surface area contributed by atoms with Gasteiger partial charge in [-0.1, -0.05) is 41.8 Å². The lowest BCUT2D eigenvalue weighted by Crippen LogP contribution is -2.23. The van der Waals surface area contributed by atoms with Gasteiger partial charge < -0.3 is 9.72 Å². The van der Waals surface area contributed by atoms with Crippen molar-refractivity contribution in [1.82, 2.24) is 34.9 Å². The highest BCUT2D eigenvalue weighted by atomic mass is 32.2. The second-order valence-electron chi connectivity index (χ2n) is 7.09. The van der Waals surface area contributed by atoms with Gasteiger partial charge in [-0.2, -0.15) is 0 Å².